The fraction of sp³-hybridized carbons (Fsp3) is 0.600. The highest BCUT2D eigenvalue weighted by atomic mass is 19.1. The maximum absolute atomic E-state index is 13.3. The molecule has 4 heteroatoms. The molecule has 4 bridgehead atoms. The molecular formula is C20H25FN2O. The Kier molecular flexibility index (Phi) is 3.37. The van der Waals surface area contributed by atoms with Crippen LogP contribution < -0.4 is 5.59 Å². The molecule has 6 rings (SSSR count). The fourth-order valence-corrected chi connectivity index (χ4v) is 5.97. The van der Waals surface area contributed by atoms with Crippen molar-refractivity contribution in [3.8, 4) is 0 Å². The van der Waals surface area contributed by atoms with Crippen LogP contribution in [-0.4, -0.2) is 10.5 Å². The Morgan fingerprint density at radius 2 is 1.79 bits per heavy atom. The number of hydrazine groups is 1. The van der Waals surface area contributed by atoms with E-state index in [0.29, 0.717) is 0 Å². The first-order chi connectivity index (χ1) is 11.7. The van der Waals surface area contributed by atoms with Crippen LogP contribution in [0.3, 0.4) is 0 Å². The predicted octanol–water partition coefficient (Wildman–Crippen LogP) is 4.32. The Bertz CT molecular complexity index is 636. The number of halogens is 1. The van der Waals surface area contributed by atoms with E-state index in [2.05, 4.69) is 16.8 Å². The Balaban J connectivity index is 1.28. The Labute approximate surface area is 142 Å². The van der Waals surface area contributed by atoms with Crippen molar-refractivity contribution in [3.63, 3.8) is 0 Å². The molecule has 0 unspecified atom stereocenters. The summed E-state index contributed by atoms with van der Waals surface area (Å²) in [6, 6.07) is 6.85. The maximum Gasteiger partial charge on any atom is 0.144 e. The SMILES string of the molecule is Fc1cccc(CCC2=CN(C34CC5CC(CC(C5)C3)C4)NO2)c1. The Hall–Kier alpha value is -1.55. The van der Waals surface area contributed by atoms with Gasteiger partial charge in [-0.2, -0.15) is 0 Å². The molecule has 1 heterocycles. The summed E-state index contributed by atoms with van der Waals surface area (Å²) in [6.07, 6.45) is 12.1. The number of nitrogens with zero attached hydrogens (tertiary/aromatic N) is 1. The molecule has 0 aromatic heterocycles. The van der Waals surface area contributed by atoms with Gasteiger partial charge in [0.1, 0.15) is 11.6 Å². The molecule has 4 fully saturated rings. The zero-order valence-corrected chi connectivity index (χ0v) is 14.0. The van der Waals surface area contributed by atoms with E-state index in [1.165, 1.54) is 44.6 Å². The van der Waals surface area contributed by atoms with E-state index in [4.69, 9.17) is 4.84 Å². The van der Waals surface area contributed by atoms with E-state index in [-0.39, 0.29) is 11.4 Å². The minimum absolute atomic E-state index is 0.165. The third-order valence-electron chi connectivity index (χ3n) is 6.61. The van der Waals surface area contributed by atoms with Crippen molar-refractivity contribution in [1.82, 2.24) is 10.6 Å². The molecule has 0 atom stereocenters. The first-order valence-corrected chi connectivity index (χ1v) is 9.35. The van der Waals surface area contributed by atoms with Gasteiger partial charge in [0.15, 0.2) is 0 Å². The summed E-state index contributed by atoms with van der Waals surface area (Å²) in [4.78, 5) is 5.75. The van der Waals surface area contributed by atoms with Crippen LogP contribution in [-0.2, 0) is 11.3 Å². The number of benzene rings is 1. The van der Waals surface area contributed by atoms with Crippen molar-refractivity contribution >= 4 is 0 Å². The van der Waals surface area contributed by atoms with Crippen LogP contribution in [0.4, 0.5) is 4.39 Å². The standard InChI is InChI=1S/C20H25FN2O/c21-18-3-1-2-14(9-18)4-5-19-13-23(22-24-19)20-10-15-6-16(11-20)8-17(7-15)12-20/h1-3,9,13,15-17,22H,4-8,10-12H2. The van der Waals surface area contributed by atoms with Gasteiger partial charge in [-0.1, -0.05) is 17.7 Å². The van der Waals surface area contributed by atoms with E-state index in [0.717, 1.165) is 41.9 Å². The minimum Gasteiger partial charge on any atom is -0.392 e. The lowest BCUT2D eigenvalue weighted by molar-refractivity contribution is -0.127. The summed E-state index contributed by atoms with van der Waals surface area (Å²) in [7, 11) is 0. The lowest BCUT2D eigenvalue weighted by Gasteiger charge is -2.59. The summed E-state index contributed by atoms with van der Waals surface area (Å²) >= 11 is 0. The molecule has 5 aliphatic rings. The number of allylic oxidation sites excluding steroid dienone is 1. The molecule has 0 saturated heterocycles. The molecular weight excluding hydrogens is 303 g/mol. The van der Waals surface area contributed by atoms with E-state index in [1.54, 1.807) is 12.1 Å². The van der Waals surface area contributed by atoms with Gasteiger partial charge in [0.05, 0.1) is 11.7 Å². The average molecular weight is 328 g/mol. The smallest absolute Gasteiger partial charge is 0.144 e. The largest absolute Gasteiger partial charge is 0.392 e. The van der Waals surface area contributed by atoms with Gasteiger partial charge in [-0.25, -0.2) is 4.39 Å². The normalized spacial score (nSPS) is 36.8. The predicted molar refractivity (Wildman–Crippen MR) is 89.8 cm³/mol. The summed E-state index contributed by atoms with van der Waals surface area (Å²) in [5, 5.41) is 2.28. The van der Waals surface area contributed by atoms with E-state index in [1.807, 2.05) is 6.07 Å². The first kappa shape index (κ1) is 14.8. The number of rotatable bonds is 4. The molecule has 0 amide bonds. The summed E-state index contributed by atoms with van der Waals surface area (Å²) in [6.45, 7) is 0. The van der Waals surface area contributed by atoms with Crippen molar-refractivity contribution in [2.24, 2.45) is 17.8 Å². The Morgan fingerprint density at radius 1 is 1.08 bits per heavy atom. The molecule has 24 heavy (non-hydrogen) atoms. The van der Waals surface area contributed by atoms with Gasteiger partial charge < -0.3 is 4.84 Å². The van der Waals surface area contributed by atoms with Crippen LogP contribution in [0.25, 0.3) is 0 Å². The van der Waals surface area contributed by atoms with Crippen LogP contribution in [0.1, 0.15) is 50.5 Å². The molecule has 128 valence electrons. The van der Waals surface area contributed by atoms with Crippen molar-refractivity contribution in [1.29, 1.82) is 0 Å². The lowest BCUT2D eigenvalue weighted by atomic mass is 9.53. The van der Waals surface area contributed by atoms with E-state index >= 15 is 0 Å². The molecule has 4 aliphatic carbocycles. The van der Waals surface area contributed by atoms with Crippen LogP contribution in [0.15, 0.2) is 36.2 Å². The van der Waals surface area contributed by atoms with E-state index < -0.39 is 0 Å². The molecule has 1 aromatic rings. The zero-order valence-electron chi connectivity index (χ0n) is 14.0. The van der Waals surface area contributed by atoms with Gasteiger partial charge in [-0.05, 0) is 80.4 Å². The minimum atomic E-state index is -0.165. The highest BCUT2D eigenvalue weighted by Gasteiger charge is 2.54. The van der Waals surface area contributed by atoms with Crippen LogP contribution >= 0.6 is 0 Å². The monoisotopic (exact) mass is 328 g/mol. The number of hydrogen-bond acceptors (Lipinski definition) is 3. The van der Waals surface area contributed by atoms with Gasteiger partial charge in [-0.15, -0.1) is 0 Å². The molecule has 3 nitrogen and oxygen atoms in total. The fourth-order valence-electron chi connectivity index (χ4n) is 5.97. The van der Waals surface area contributed by atoms with E-state index in [9.17, 15) is 4.39 Å². The van der Waals surface area contributed by atoms with Crippen LogP contribution in [0, 0.1) is 23.6 Å². The molecule has 4 saturated carbocycles. The topological polar surface area (TPSA) is 24.5 Å². The second-order valence-electron chi connectivity index (χ2n) is 8.43. The van der Waals surface area contributed by atoms with Gasteiger partial charge in [0.2, 0.25) is 0 Å². The average Bonchev–Trinajstić information content (AvgIpc) is 3.02. The van der Waals surface area contributed by atoms with Crippen LogP contribution in [0.2, 0.25) is 0 Å². The molecule has 1 N–H and O–H groups in total. The molecule has 1 aromatic carbocycles. The molecule has 0 spiro atoms. The lowest BCUT2D eigenvalue weighted by Crippen LogP contribution is -2.60. The second-order valence-corrected chi connectivity index (χ2v) is 8.43. The third kappa shape index (κ3) is 2.52. The van der Waals surface area contributed by atoms with Gasteiger partial charge in [-0.3, -0.25) is 5.01 Å². The van der Waals surface area contributed by atoms with Crippen molar-refractivity contribution in [2.45, 2.75) is 56.9 Å². The van der Waals surface area contributed by atoms with Crippen LogP contribution in [0.5, 0.6) is 0 Å². The summed E-state index contributed by atoms with van der Waals surface area (Å²) in [5.41, 5.74) is 4.47. The highest BCUT2D eigenvalue weighted by Crippen LogP contribution is 2.57. The van der Waals surface area contributed by atoms with Gasteiger partial charge >= 0.3 is 0 Å². The quantitative estimate of drug-likeness (QED) is 0.891. The number of aryl methyl sites for hydroxylation is 1. The second kappa shape index (κ2) is 5.48. The summed E-state index contributed by atoms with van der Waals surface area (Å²) < 4.78 is 13.3. The maximum atomic E-state index is 13.3. The Morgan fingerprint density at radius 3 is 2.46 bits per heavy atom. The first-order valence-electron chi connectivity index (χ1n) is 9.35. The van der Waals surface area contributed by atoms with Crippen molar-refractivity contribution in [3.05, 3.63) is 47.6 Å². The zero-order chi connectivity index (χ0) is 16.1. The summed E-state index contributed by atoms with van der Waals surface area (Å²) in [5.74, 6) is 3.56. The third-order valence-corrected chi connectivity index (χ3v) is 6.61. The molecule has 1 aliphatic heterocycles. The molecule has 0 radical (unpaired) electrons. The van der Waals surface area contributed by atoms with Crippen molar-refractivity contribution in [2.75, 3.05) is 0 Å². The highest BCUT2D eigenvalue weighted by molar-refractivity contribution is 5.18. The van der Waals surface area contributed by atoms with Gasteiger partial charge in [0.25, 0.3) is 0 Å². The number of hydrogen-bond donors (Lipinski definition) is 1. The van der Waals surface area contributed by atoms with Crippen molar-refractivity contribution < 1.29 is 9.23 Å². The number of nitrogens with one attached hydrogen (secondary N) is 1. The van der Waals surface area contributed by atoms with Gasteiger partial charge in [0, 0.05) is 6.42 Å².